The topological polar surface area (TPSA) is 89.6 Å². The molecule has 0 aliphatic carbocycles. The second-order valence-corrected chi connectivity index (χ2v) is 5.47. The van der Waals surface area contributed by atoms with Crippen LogP contribution < -0.4 is 0 Å². The van der Waals surface area contributed by atoms with E-state index in [9.17, 15) is 18.5 Å². The molecule has 7 heteroatoms. The summed E-state index contributed by atoms with van der Waals surface area (Å²) in [4.78, 5) is 10.3. The Morgan fingerprint density at radius 1 is 1.00 bits per heavy atom. The Balaban J connectivity index is 2.38. The van der Waals surface area contributed by atoms with Gasteiger partial charge in [0.1, 0.15) is 0 Å². The van der Waals surface area contributed by atoms with Crippen molar-refractivity contribution < 1.29 is 13.3 Å². The number of hydrogen-bond donors (Lipinski definition) is 0. The Kier molecular flexibility index (Phi) is 3.90. The van der Waals surface area contributed by atoms with E-state index in [1.165, 1.54) is 30.3 Å². The lowest BCUT2D eigenvalue weighted by molar-refractivity contribution is -0.385. The molecule has 2 rings (SSSR count). The molecule has 0 heterocycles. The maximum absolute atomic E-state index is 11.9. The number of para-hydroxylation sites is 1. The van der Waals surface area contributed by atoms with E-state index >= 15 is 0 Å². The summed E-state index contributed by atoms with van der Waals surface area (Å²) in [6.07, 6.45) is 0.987. The first-order valence-corrected chi connectivity index (χ1v) is 7.03. The SMILES string of the molecule is O=[N+]([O-])c1ccccc1/C=N/S(=O)(=O)c1ccccc1. The van der Waals surface area contributed by atoms with E-state index in [0.717, 1.165) is 6.21 Å². The lowest BCUT2D eigenvalue weighted by Gasteiger charge is -1.98. The van der Waals surface area contributed by atoms with Gasteiger partial charge in [-0.25, -0.2) is 0 Å². The molecule has 0 spiro atoms. The number of hydrogen-bond acceptors (Lipinski definition) is 4. The highest BCUT2D eigenvalue weighted by atomic mass is 32.2. The molecule has 0 saturated heterocycles. The van der Waals surface area contributed by atoms with Crippen LogP contribution in [-0.4, -0.2) is 19.6 Å². The maximum atomic E-state index is 11.9. The van der Waals surface area contributed by atoms with Gasteiger partial charge in [-0.3, -0.25) is 10.1 Å². The molecule has 102 valence electrons. The van der Waals surface area contributed by atoms with E-state index in [1.807, 2.05) is 0 Å². The molecule has 0 atom stereocenters. The molecular formula is C13H10N2O4S. The van der Waals surface area contributed by atoms with Gasteiger partial charge in [0, 0.05) is 6.07 Å². The Hall–Kier alpha value is -2.54. The van der Waals surface area contributed by atoms with Crippen LogP contribution >= 0.6 is 0 Å². The third-order valence-corrected chi connectivity index (χ3v) is 3.76. The standard InChI is InChI=1S/C13H10N2O4S/c16-15(17)13-9-5-4-6-11(13)10-14-20(18,19)12-7-2-1-3-8-12/h1-10H/b14-10+. The van der Waals surface area contributed by atoms with Crippen LogP contribution in [0.4, 0.5) is 5.69 Å². The van der Waals surface area contributed by atoms with Crippen molar-refractivity contribution in [2.24, 2.45) is 4.40 Å². The van der Waals surface area contributed by atoms with E-state index in [-0.39, 0.29) is 16.1 Å². The van der Waals surface area contributed by atoms with Gasteiger partial charge in [-0.1, -0.05) is 30.3 Å². The van der Waals surface area contributed by atoms with Crippen molar-refractivity contribution in [1.29, 1.82) is 0 Å². The van der Waals surface area contributed by atoms with Crippen molar-refractivity contribution in [2.75, 3.05) is 0 Å². The first kappa shape index (κ1) is 13.9. The zero-order valence-corrected chi connectivity index (χ0v) is 11.0. The van der Waals surface area contributed by atoms with Gasteiger partial charge in [0.05, 0.1) is 21.6 Å². The van der Waals surface area contributed by atoms with Gasteiger partial charge >= 0.3 is 0 Å². The summed E-state index contributed by atoms with van der Waals surface area (Å²) in [5.41, 5.74) is -0.0588. The fraction of sp³-hybridized carbons (Fsp3) is 0. The van der Waals surface area contributed by atoms with Crippen LogP contribution in [-0.2, 0) is 10.0 Å². The molecule has 0 saturated carbocycles. The van der Waals surface area contributed by atoms with Crippen LogP contribution in [0.25, 0.3) is 0 Å². The lowest BCUT2D eigenvalue weighted by Crippen LogP contribution is -1.99. The molecule has 6 nitrogen and oxygen atoms in total. The second kappa shape index (κ2) is 5.62. The number of nitrogens with zero attached hydrogens (tertiary/aromatic N) is 2. The summed E-state index contributed by atoms with van der Waals surface area (Å²) in [5.74, 6) is 0. The van der Waals surface area contributed by atoms with Crippen molar-refractivity contribution in [1.82, 2.24) is 0 Å². The predicted molar refractivity (Wildman–Crippen MR) is 74.3 cm³/mol. The van der Waals surface area contributed by atoms with E-state index in [0.29, 0.717) is 0 Å². The summed E-state index contributed by atoms with van der Waals surface area (Å²) in [6.45, 7) is 0. The van der Waals surface area contributed by atoms with Crippen molar-refractivity contribution in [3.8, 4) is 0 Å². The third kappa shape index (κ3) is 3.07. The monoisotopic (exact) mass is 290 g/mol. The van der Waals surface area contributed by atoms with Crippen molar-refractivity contribution in [3.63, 3.8) is 0 Å². The van der Waals surface area contributed by atoms with E-state index < -0.39 is 14.9 Å². The summed E-state index contributed by atoms with van der Waals surface area (Å²) in [7, 11) is -3.85. The van der Waals surface area contributed by atoms with Crippen molar-refractivity contribution in [2.45, 2.75) is 4.90 Å². The minimum absolute atomic E-state index is 0.0369. The number of nitro groups is 1. The van der Waals surface area contributed by atoms with Gasteiger partial charge in [0.15, 0.2) is 0 Å². The summed E-state index contributed by atoms with van der Waals surface area (Å²) >= 11 is 0. The van der Waals surface area contributed by atoms with Crippen molar-refractivity contribution in [3.05, 3.63) is 70.3 Å². The molecule has 0 N–H and O–H groups in total. The quantitative estimate of drug-likeness (QED) is 0.491. The largest absolute Gasteiger partial charge is 0.282 e. The fourth-order valence-electron chi connectivity index (χ4n) is 1.54. The summed E-state index contributed by atoms with van der Waals surface area (Å²) in [6, 6.07) is 13.5. The molecule has 0 aliphatic heterocycles. The predicted octanol–water partition coefficient (Wildman–Crippen LogP) is 2.40. The smallest absolute Gasteiger partial charge is 0.258 e. The van der Waals surface area contributed by atoms with Crippen LogP contribution in [0.1, 0.15) is 5.56 Å². The van der Waals surface area contributed by atoms with Crippen LogP contribution in [0.2, 0.25) is 0 Å². The Labute approximate surface area is 115 Å². The van der Waals surface area contributed by atoms with E-state index in [1.54, 1.807) is 24.3 Å². The maximum Gasteiger partial charge on any atom is 0.282 e. The average molecular weight is 290 g/mol. The summed E-state index contributed by atoms with van der Waals surface area (Å²) in [5, 5.41) is 10.8. The number of rotatable bonds is 4. The van der Waals surface area contributed by atoms with Gasteiger partial charge in [-0.15, -0.1) is 0 Å². The summed E-state index contributed by atoms with van der Waals surface area (Å²) < 4.78 is 27.3. The number of nitro benzene ring substituents is 1. The van der Waals surface area contributed by atoms with Gasteiger partial charge < -0.3 is 0 Å². The van der Waals surface area contributed by atoms with Crippen LogP contribution in [0, 0.1) is 10.1 Å². The molecule has 0 bridgehead atoms. The molecule has 0 unspecified atom stereocenters. The Bertz CT molecular complexity index is 755. The lowest BCUT2D eigenvalue weighted by atomic mass is 10.2. The minimum atomic E-state index is -3.85. The highest BCUT2D eigenvalue weighted by molar-refractivity contribution is 7.90. The van der Waals surface area contributed by atoms with E-state index in [4.69, 9.17) is 0 Å². The van der Waals surface area contributed by atoms with Crippen LogP contribution in [0.5, 0.6) is 0 Å². The van der Waals surface area contributed by atoms with Gasteiger partial charge in [0.25, 0.3) is 15.7 Å². The molecule has 2 aromatic carbocycles. The highest BCUT2D eigenvalue weighted by Gasteiger charge is 2.14. The van der Waals surface area contributed by atoms with E-state index in [2.05, 4.69) is 4.40 Å². The van der Waals surface area contributed by atoms with Crippen molar-refractivity contribution >= 4 is 21.9 Å². The molecule has 2 aromatic rings. The molecule has 0 aromatic heterocycles. The zero-order valence-electron chi connectivity index (χ0n) is 10.2. The van der Waals surface area contributed by atoms with Gasteiger partial charge in [-0.05, 0) is 18.2 Å². The number of benzene rings is 2. The van der Waals surface area contributed by atoms with Crippen LogP contribution in [0.15, 0.2) is 63.9 Å². The Morgan fingerprint density at radius 3 is 2.25 bits per heavy atom. The highest BCUT2D eigenvalue weighted by Crippen LogP contribution is 2.17. The molecular weight excluding hydrogens is 280 g/mol. The zero-order chi connectivity index (χ0) is 14.6. The first-order valence-electron chi connectivity index (χ1n) is 5.59. The normalized spacial score (nSPS) is 11.6. The van der Waals surface area contributed by atoms with Gasteiger partial charge in [0.2, 0.25) is 0 Å². The molecule has 0 aliphatic rings. The first-order chi connectivity index (χ1) is 9.50. The Morgan fingerprint density at radius 2 is 1.60 bits per heavy atom. The fourth-order valence-corrected chi connectivity index (χ4v) is 2.42. The molecule has 0 amide bonds. The number of sulfonamides is 1. The molecule has 0 fully saturated rings. The van der Waals surface area contributed by atoms with Crippen LogP contribution in [0.3, 0.4) is 0 Å². The molecule has 20 heavy (non-hydrogen) atoms. The second-order valence-electron chi connectivity index (χ2n) is 3.84. The average Bonchev–Trinajstić information content (AvgIpc) is 2.46. The molecule has 0 radical (unpaired) electrons. The third-order valence-electron chi connectivity index (χ3n) is 2.51. The van der Waals surface area contributed by atoms with Gasteiger partial charge in [-0.2, -0.15) is 12.8 Å². The minimum Gasteiger partial charge on any atom is -0.258 e.